The average molecular weight is 410 g/mol. The summed E-state index contributed by atoms with van der Waals surface area (Å²) in [6.45, 7) is 10.5. The second kappa shape index (κ2) is 12.7. The van der Waals surface area contributed by atoms with E-state index in [9.17, 15) is 9.59 Å². The summed E-state index contributed by atoms with van der Waals surface area (Å²) in [6.07, 6.45) is 5.76. The van der Waals surface area contributed by atoms with Crippen molar-refractivity contribution < 1.29 is 14.3 Å². The van der Waals surface area contributed by atoms with E-state index in [1.165, 1.54) is 0 Å². The molecule has 0 aliphatic carbocycles. The molecule has 0 saturated carbocycles. The van der Waals surface area contributed by atoms with Crippen LogP contribution in [0, 0.1) is 11.8 Å². The number of nitrogens with one attached hydrogen (secondary N) is 1. The van der Waals surface area contributed by atoms with Gasteiger partial charge in [0, 0.05) is 32.1 Å². The lowest BCUT2D eigenvalue weighted by molar-refractivity contribution is -0.149. The first kappa shape index (κ1) is 23.4. The summed E-state index contributed by atoms with van der Waals surface area (Å²) in [7, 11) is 0. The standard InChI is InChI=1S/C21H39N5O3/c1-3-23-21(26-13-7-8-18(16-26)20(28)29-4-2)24-11-5-6-12-25-14-9-17(10-15-25)19(22)27/h17-18H,3-16H2,1-2H3,(H2,22,27)(H,23,24). The van der Waals surface area contributed by atoms with Crippen molar-refractivity contribution in [3.05, 3.63) is 0 Å². The van der Waals surface area contributed by atoms with Crippen LogP contribution in [-0.4, -0.2) is 80.1 Å². The molecule has 0 aromatic rings. The molecule has 2 fully saturated rings. The van der Waals surface area contributed by atoms with Gasteiger partial charge in [-0.1, -0.05) is 0 Å². The number of unbranched alkanes of at least 4 members (excludes halogenated alkanes) is 1. The molecule has 0 aromatic heterocycles. The van der Waals surface area contributed by atoms with Crippen LogP contribution in [0.25, 0.3) is 0 Å². The minimum atomic E-state index is -0.155. The first-order valence-electron chi connectivity index (χ1n) is 11.3. The SMILES string of the molecule is CCNC(=NCCCCN1CCC(C(N)=O)CC1)N1CCCC(C(=O)OCC)C1. The van der Waals surface area contributed by atoms with Gasteiger partial charge in [0.2, 0.25) is 5.91 Å². The summed E-state index contributed by atoms with van der Waals surface area (Å²) >= 11 is 0. The van der Waals surface area contributed by atoms with E-state index in [0.29, 0.717) is 13.2 Å². The second-order valence-electron chi connectivity index (χ2n) is 8.00. The smallest absolute Gasteiger partial charge is 0.310 e. The largest absolute Gasteiger partial charge is 0.466 e. The molecule has 2 aliphatic rings. The average Bonchev–Trinajstić information content (AvgIpc) is 2.73. The van der Waals surface area contributed by atoms with E-state index in [-0.39, 0.29) is 23.7 Å². The third-order valence-corrected chi connectivity index (χ3v) is 5.81. The van der Waals surface area contributed by atoms with E-state index in [2.05, 4.69) is 22.0 Å². The Kier molecular flexibility index (Phi) is 10.2. The van der Waals surface area contributed by atoms with Gasteiger partial charge in [-0.3, -0.25) is 14.6 Å². The molecule has 0 spiro atoms. The van der Waals surface area contributed by atoms with Gasteiger partial charge in [0.1, 0.15) is 0 Å². The van der Waals surface area contributed by atoms with Crippen LogP contribution < -0.4 is 11.1 Å². The number of nitrogens with two attached hydrogens (primary N) is 1. The summed E-state index contributed by atoms with van der Waals surface area (Å²) in [6, 6.07) is 0. The van der Waals surface area contributed by atoms with E-state index in [1.807, 2.05) is 6.92 Å². The zero-order valence-corrected chi connectivity index (χ0v) is 18.2. The zero-order chi connectivity index (χ0) is 21.1. The van der Waals surface area contributed by atoms with Gasteiger partial charge < -0.3 is 25.6 Å². The number of guanidine groups is 1. The van der Waals surface area contributed by atoms with Gasteiger partial charge in [-0.2, -0.15) is 0 Å². The third-order valence-electron chi connectivity index (χ3n) is 5.81. The molecular weight excluding hydrogens is 370 g/mol. The summed E-state index contributed by atoms with van der Waals surface area (Å²) in [5.74, 6) is 0.659. The number of primary amides is 1. The lowest BCUT2D eigenvalue weighted by Crippen LogP contribution is -2.48. The van der Waals surface area contributed by atoms with Crippen molar-refractivity contribution in [1.29, 1.82) is 0 Å². The van der Waals surface area contributed by atoms with Crippen molar-refractivity contribution in [3.63, 3.8) is 0 Å². The van der Waals surface area contributed by atoms with Crippen molar-refractivity contribution in [2.45, 2.75) is 52.4 Å². The number of amides is 1. The number of aliphatic imine (C=N–C) groups is 1. The van der Waals surface area contributed by atoms with E-state index in [0.717, 1.165) is 83.8 Å². The van der Waals surface area contributed by atoms with E-state index >= 15 is 0 Å². The summed E-state index contributed by atoms with van der Waals surface area (Å²) < 4.78 is 5.20. The Labute approximate surface area is 175 Å². The molecule has 166 valence electrons. The summed E-state index contributed by atoms with van der Waals surface area (Å²) in [5, 5.41) is 3.37. The number of esters is 1. The Balaban J connectivity index is 1.73. The monoisotopic (exact) mass is 409 g/mol. The molecule has 8 heteroatoms. The van der Waals surface area contributed by atoms with Crippen LogP contribution in [0.1, 0.15) is 52.4 Å². The van der Waals surface area contributed by atoms with Crippen molar-refractivity contribution in [1.82, 2.24) is 15.1 Å². The highest BCUT2D eigenvalue weighted by atomic mass is 16.5. The van der Waals surface area contributed by atoms with Gasteiger partial charge in [-0.15, -0.1) is 0 Å². The number of nitrogens with zero attached hydrogens (tertiary/aromatic N) is 3. The molecule has 2 saturated heterocycles. The fourth-order valence-electron chi connectivity index (χ4n) is 4.12. The van der Waals surface area contributed by atoms with Crippen molar-refractivity contribution in [2.24, 2.45) is 22.6 Å². The Morgan fingerprint density at radius 1 is 1.10 bits per heavy atom. The van der Waals surface area contributed by atoms with Gasteiger partial charge in [-0.05, 0) is 72.0 Å². The predicted molar refractivity (Wildman–Crippen MR) is 115 cm³/mol. The maximum Gasteiger partial charge on any atom is 0.310 e. The quantitative estimate of drug-likeness (QED) is 0.257. The molecule has 1 unspecified atom stereocenters. The zero-order valence-electron chi connectivity index (χ0n) is 18.2. The molecule has 29 heavy (non-hydrogen) atoms. The van der Waals surface area contributed by atoms with Gasteiger partial charge >= 0.3 is 5.97 Å². The molecule has 0 radical (unpaired) electrons. The number of ether oxygens (including phenoxy) is 1. The van der Waals surface area contributed by atoms with Gasteiger partial charge in [0.15, 0.2) is 5.96 Å². The van der Waals surface area contributed by atoms with E-state index in [1.54, 1.807) is 0 Å². The number of rotatable bonds is 9. The normalized spacial score (nSPS) is 21.8. The van der Waals surface area contributed by atoms with Crippen molar-refractivity contribution >= 4 is 17.8 Å². The molecule has 1 amide bonds. The first-order chi connectivity index (χ1) is 14.0. The number of hydrogen-bond acceptors (Lipinski definition) is 5. The van der Waals surface area contributed by atoms with Crippen molar-refractivity contribution in [2.75, 3.05) is 52.4 Å². The molecule has 3 N–H and O–H groups in total. The second-order valence-corrected chi connectivity index (χ2v) is 8.00. The van der Waals surface area contributed by atoms with Gasteiger partial charge in [0.05, 0.1) is 12.5 Å². The number of likely N-dealkylation sites (tertiary alicyclic amines) is 2. The highest BCUT2D eigenvalue weighted by molar-refractivity contribution is 5.81. The maximum atomic E-state index is 12.1. The summed E-state index contributed by atoms with van der Waals surface area (Å²) in [4.78, 5) is 32.8. The first-order valence-corrected chi connectivity index (χ1v) is 11.3. The minimum Gasteiger partial charge on any atom is -0.466 e. The topological polar surface area (TPSA) is 100 Å². The van der Waals surface area contributed by atoms with Crippen LogP contribution in [0.2, 0.25) is 0 Å². The number of carbonyl (C=O) groups is 2. The number of piperidine rings is 2. The lowest BCUT2D eigenvalue weighted by atomic mass is 9.96. The van der Waals surface area contributed by atoms with Crippen LogP contribution >= 0.6 is 0 Å². The number of hydrogen-bond donors (Lipinski definition) is 2. The molecule has 2 heterocycles. The Morgan fingerprint density at radius 3 is 2.52 bits per heavy atom. The lowest BCUT2D eigenvalue weighted by Gasteiger charge is -2.34. The van der Waals surface area contributed by atoms with E-state index < -0.39 is 0 Å². The molecular formula is C21H39N5O3. The van der Waals surface area contributed by atoms with Crippen LogP contribution in [0.4, 0.5) is 0 Å². The van der Waals surface area contributed by atoms with Crippen molar-refractivity contribution in [3.8, 4) is 0 Å². The van der Waals surface area contributed by atoms with Crippen LogP contribution in [-0.2, 0) is 14.3 Å². The highest BCUT2D eigenvalue weighted by Crippen LogP contribution is 2.19. The predicted octanol–water partition coefficient (Wildman–Crippen LogP) is 1.20. The van der Waals surface area contributed by atoms with E-state index in [4.69, 9.17) is 15.5 Å². The van der Waals surface area contributed by atoms with Crippen LogP contribution in [0.3, 0.4) is 0 Å². The maximum absolute atomic E-state index is 12.1. The van der Waals surface area contributed by atoms with Gasteiger partial charge in [-0.25, -0.2) is 0 Å². The van der Waals surface area contributed by atoms with Crippen LogP contribution in [0.15, 0.2) is 4.99 Å². The molecule has 1 atom stereocenters. The highest BCUT2D eigenvalue weighted by Gasteiger charge is 2.28. The molecule has 2 aliphatic heterocycles. The fraction of sp³-hybridized carbons (Fsp3) is 0.857. The Morgan fingerprint density at radius 2 is 1.86 bits per heavy atom. The summed E-state index contributed by atoms with van der Waals surface area (Å²) in [5.41, 5.74) is 5.40. The molecule has 2 rings (SSSR count). The Hall–Kier alpha value is -1.83. The Bertz CT molecular complexity index is 546. The van der Waals surface area contributed by atoms with Crippen LogP contribution in [0.5, 0.6) is 0 Å². The third kappa shape index (κ3) is 7.84. The minimum absolute atomic E-state index is 0.0569. The molecule has 8 nitrogen and oxygen atoms in total. The molecule has 0 aromatic carbocycles. The van der Waals surface area contributed by atoms with Gasteiger partial charge in [0.25, 0.3) is 0 Å². The fourth-order valence-corrected chi connectivity index (χ4v) is 4.12. The molecule has 0 bridgehead atoms. The number of carbonyl (C=O) groups excluding carboxylic acids is 2.